The topological polar surface area (TPSA) is 99.6 Å². The molecule has 0 aromatic carbocycles. The minimum atomic E-state index is -0.602. The third kappa shape index (κ3) is 3.06. The van der Waals surface area contributed by atoms with Crippen LogP contribution in [-0.2, 0) is 11.2 Å². The number of nitrogens with zero attached hydrogens (tertiary/aromatic N) is 3. The molecule has 0 saturated carbocycles. The van der Waals surface area contributed by atoms with Crippen LogP contribution in [0.15, 0.2) is 30.6 Å². The summed E-state index contributed by atoms with van der Waals surface area (Å²) < 4.78 is 6.02. The van der Waals surface area contributed by atoms with E-state index in [9.17, 15) is 9.59 Å². The second kappa shape index (κ2) is 6.52. The molecular formula is C17H15ClN4O3. The Bertz CT molecular complexity index is 977. The first-order valence-electron chi connectivity index (χ1n) is 7.41. The highest BCUT2D eigenvalue weighted by molar-refractivity contribution is 6.31. The number of carbonyl (C=O) groups excluding carboxylic acids is 2. The molecule has 8 heteroatoms. The van der Waals surface area contributed by atoms with Gasteiger partial charge in [-0.25, -0.2) is 9.31 Å². The van der Waals surface area contributed by atoms with Gasteiger partial charge in [-0.05, 0) is 36.2 Å². The Morgan fingerprint density at radius 2 is 2.08 bits per heavy atom. The molecule has 0 bridgehead atoms. The Labute approximate surface area is 148 Å². The molecule has 3 rings (SSSR count). The average molecular weight is 359 g/mol. The SMILES string of the molecule is COC(=O)c1cc2c(C(=O)Cc3c(C)cncc3Cl)ccc(N)n2n1. The fourth-order valence-corrected chi connectivity index (χ4v) is 2.85. The summed E-state index contributed by atoms with van der Waals surface area (Å²) in [5, 5.41) is 4.53. The number of hydrogen-bond donors (Lipinski definition) is 1. The molecule has 3 heterocycles. The van der Waals surface area contributed by atoms with Crippen molar-refractivity contribution >= 4 is 34.7 Å². The van der Waals surface area contributed by atoms with Crippen LogP contribution in [0.5, 0.6) is 0 Å². The summed E-state index contributed by atoms with van der Waals surface area (Å²) in [5.41, 5.74) is 8.34. The number of nitrogen functional groups attached to an aromatic ring is 1. The zero-order valence-electron chi connectivity index (χ0n) is 13.6. The van der Waals surface area contributed by atoms with Crippen molar-refractivity contribution in [1.82, 2.24) is 14.6 Å². The number of ether oxygens (including phenoxy) is 1. The highest BCUT2D eigenvalue weighted by Gasteiger charge is 2.19. The molecule has 0 saturated heterocycles. The van der Waals surface area contributed by atoms with Crippen LogP contribution in [0, 0.1) is 6.92 Å². The van der Waals surface area contributed by atoms with Crippen molar-refractivity contribution in [2.75, 3.05) is 12.8 Å². The van der Waals surface area contributed by atoms with E-state index >= 15 is 0 Å². The van der Waals surface area contributed by atoms with E-state index in [2.05, 4.69) is 14.8 Å². The number of pyridine rings is 2. The number of aromatic nitrogens is 3. The molecule has 0 fully saturated rings. The summed E-state index contributed by atoms with van der Waals surface area (Å²) in [6.45, 7) is 1.84. The van der Waals surface area contributed by atoms with Gasteiger partial charge < -0.3 is 10.5 Å². The minimum absolute atomic E-state index is 0.0765. The first kappa shape index (κ1) is 16.9. The number of methoxy groups -OCH3 is 1. The standard InChI is InChI=1S/C17H15ClN4O3/c1-9-7-20-8-12(18)11(9)5-15(23)10-3-4-16(19)22-14(10)6-13(21-22)17(24)25-2/h3-4,6-8H,5,19H2,1-2H3. The van der Waals surface area contributed by atoms with E-state index in [1.165, 1.54) is 23.9 Å². The maximum atomic E-state index is 12.8. The van der Waals surface area contributed by atoms with Crippen molar-refractivity contribution in [3.05, 3.63) is 58.0 Å². The van der Waals surface area contributed by atoms with E-state index in [0.29, 0.717) is 27.5 Å². The zero-order valence-corrected chi connectivity index (χ0v) is 14.4. The monoisotopic (exact) mass is 358 g/mol. The Morgan fingerprint density at radius 1 is 1.32 bits per heavy atom. The van der Waals surface area contributed by atoms with E-state index in [1.807, 2.05) is 6.92 Å². The molecule has 128 valence electrons. The molecule has 3 aromatic heterocycles. The molecule has 0 amide bonds. The second-order valence-electron chi connectivity index (χ2n) is 5.51. The molecule has 0 spiro atoms. The summed E-state index contributed by atoms with van der Waals surface area (Å²) in [6, 6.07) is 4.66. The largest absolute Gasteiger partial charge is 0.464 e. The number of aryl methyl sites for hydroxylation is 1. The highest BCUT2D eigenvalue weighted by Crippen LogP contribution is 2.23. The number of halogens is 1. The number of anilines is 1. The van der Waals surface area contributed by atoms with Gasteiger partial charge in [-0.1, -0.05) is 11.6 Å². The summed E-state index contributed by atoms with van der Waals surface area (Å²) >= 11 is 6.16. The lowest BCUT2D eigenvalue weighted by molar-refractivity contribution is 0.0593. The molecular weight excluding hydrogens is 344 g/mol. The van der Waals surface area contributed by atoms with E-state index in [4.69, 9.17) is 17.3 Å². The van der Waals surface area contributed by atoms with Crippen LogP contribution in [0.3, 0.4) is 0 Å². The van der Waals surface area contributed by atoms with Crippen LogP contribution in [-0.4, -0.2) is 33.5 Å². The van der Waals surface area contributed by atoms with Gasteiger partial charge in [-0.3, -0.25) is 9.78 Å². The van der Waals surface area contributed by atoms with Gasteiger partial charge in [0.05, 0.1) is 17.6 Å². The number of ketones is 1. The fraction of sp³-hybridized carbons (Fsp3) is 0.176. The Balaban J connectivity index is 2.06. The summed E-state index contributed by atoms with van der Waals surface area (Å²) in [6.07, 6.45) is 3.26. The van der Waals surface area contributed by atoms with Gasteiger partial charge >= 0.3 is 5.97 Å². The van der Waals surface area contributed by atoms with Crippen molar-refractivity contribution in [1.29, 1.82) is 0 Å². The number of carbonyl (C=O) groups is 2. The van der Waals surface area contributed by atoms with Crippen LogP contribution in [0.4, 0.5) is 5.82 Å². The molecule has 0 aliphatic heterocycles. The molecule has 0 atom stereocenters. The third-order valence-electron chi connectivity index (χ3n) is 3.90. The lowest BCUT2D eigenvalue weighted by Crippen LogP contribution is -2.09. The fourth-order valence-electron chi connectivity index (χ4n) is 2.57. The predicted octanol–water partition coefficient (Wildman–Crippen LogP) is 2.49. The normalized spacial score (nSPS) is 10.8. The van der Waals surface area contributed by atoms with E-state index in [-0.39, 0.29) is 17.9 Å². The molecule has 7 nitrogen and oxygen atoms in total. The van der Waals surface area contributed by atoms with Crippen molar-refractivity contribution < 1.29 is 14.3 Å². The Morgan fingerprint density at radius 3 is 2.76 bits per heavy atom. The molecule has 25 heavy (non-hydrogen) atoms. The number of esters is 1. The van der Waals surface area contributed by atoms with E-state index in [0.717, 1.165) is 5.56 Å². The van der Waals surface area contributed by atoms with Crippen LogP contribution < -0.4 is 5.73 Å². The molecule has 0 aliphatic rings. The second-order valence-corrected chi connectivity index (χ2v) is 5.91. The zero-order chi connectivity index (χ0) is 18.1. The maximum Gasteiger partial charge on any atom is 0.358 e. The van der Waals surface area contributed by atoms with Crippen molar-refractivity contribution in [3.8, 4) is 0 Å². The number of rotatable bonds is 4. The van der Waals surface area contributed by atoms with Crippen molar-refractivity contribution in [2.45, 2.75) is 13.3 Å². The van der Waals surface area contributed by atoms with E-state index in [1.54, 1.807) is 18.3 Å². The van der Waals surface area contributed by atoms with E-state index < -0.39 is 5.97 Å². The number of Topliss-reactive ketones (excluding diaryl/α,β-unsaturated/α-hetero) is 1. The lowest BCUT2D eigenvalue weighted by atomic mass is 10.0. The van der Waals surface area contributed by atoms with Crippen LogP contribution in [0.1, 0.15) is 32.0 Å². The van der Waals surface area contributed by atoms with Gasteiger partial charge in [0.2, 0.25) is 0 Å². The summed E-state index contributed by atoms with van der Waals surface area (Å²) in [7, 11) is 1.26. The van der Waals surface area contributed by atoms with Crippen LogP contribution in [0.2, 0.25) is 5.02 Å². The third-order valence-corrected chi connectivity index (χ3v) is 4.23. The van der Waals surface area contributed by atoms with Gasteiger partial charge in [-0.2, -0.15) is 5.10 Å². The first-order valence-corrected chi connectivity index (χ1v) is 7.79. The smallest absolute Gasteiger partial charge is 0.358 e. The van der Waals surface area contributed by atoms with Crippen molar-refractivity contribution in [3.63, 3.8) is 0 Å². The van der Waals surface area contributed by atoms with Crippen LogP contribution >= 0.6 is 11.6 Å². The highest BCUT2D eigenvalue weighted by atomic mass is 35.5. The average Bonchev–Trinajstić information content (AvgIpc) is 3.04. The Kier molecular flexibility index (Phi) is 4.41. The lowest BCUT2D eigenvalue weighted by Gasteiger charge is -2.08. The number of fused-ring (bicyclic) bond motifs is 1. The minimum Gasteiger partial charge on any atom is -0.464 e. The van der Waals surface area contributed by atoms with Gasteiger partial charge in [0, 0.05) is 24.4 Å². The number of nitrogens with two attached hydrogens (primary N) is 1. The predicted molar refractivity (Wildman–Crippen MR) is 93.0 cm³/mol. The van der Waals surface area contributed by atoms with Gasteiger partial charge in [0.15, 0.2) is 11.5 Å². The molecule has 0 radical (unpaired) electrons. The summed E-state index contributed by atoms with van der Waals surface area (Å²) in [5.74, 6) is -0.466. The van der Waals surface area contributed by atoms with Crippen LogP contribution in [0.25, 0.3) is 5.52 Å². The molecule has 3 aromatic rings. The van der Waals surface area contributed by atoms with Gasteiger partial charge in [-0.15, -0.1) is 0 Å². The van der Waals surface area contributed by atoms with Crippen molar-refractivity contribution in [2.24, 2.45) is 0 Å². The summed E-state index contributed by atoms with van der Waals surface area (Å²) in [4.78, 5) is 28.5. The molecule has 0 aliphatic carbocycles. The Hall–Kier alpha value is -2.93. The maximum absolute atomic E-state index is 12.8. The molecule has 2 N–H and O–H groups in total. The quantitative estimate of drug-likeness (QED) is 0.568. The molecule has 0 unspecified atom stereocenters. The first-order chi connectivity index (χ1) is 11.9. The van der Waals surface area contributed by atoms with Gasteiger partial charge in [0.25, 0.3) is 0 Å². The van der Waals surface area contributed by atoms with Gasteiger partial charge in [0.1, 0.15) is 5.82 Å². The number of hydrogen-bond acceptors (Lipinski definition) is 6.